The molecular formula is C24H26O5. The number of methoxy groups -OCH3 is 2. The van der Waals surface area contributed by atoms with Gasteiger partial charge in [0.2, 0.25) is 0 Å². The van der Waals surface area contributed by atoms with Gasteiger partial charge in [-0.15, -0.1) is 0 Å². The molecule has 2 heterocycles. The number of hydrogen-bond acceptors (Lipinski definition) is 5. The molecule has 1 saturated carbocycles. The first-order valence-corrected chi connectivity index (χ1v) is 10.1. The molecule has 0 unspecified atom stereocenters. The molecular weight excluding hydrogens is 368 g/mol. The van der Waals surface area contributed by atoms with E-state index in [-0.39, 0.29) is 35.2 Å². The van der Waals surface area contributed by atoms with Gasteiger partial charge < -0.3 is 18.9 Å². The molecule has 1 aliphatic carbocycles. The Hall–Kier alpha value is -2.69. The molecule has 152 valence electrons. The summed E-state index contributed by atoms with van der Waals surface area (Å²) in [5.41, 5.74) is 1.71. The summed E-state index contributed by atoms with van der Waals surface area (Å²) in [4.78, 5) is 13.6. The highest BCUT2D eigenvalue weighted by Gasteiger charge is 2.60. The number of rotatable bonds is 2. The molecule has 2 aliphatic heterocycles. The van der Waals surface area contributed by atoms with Crippen molar-refractivity contribution in [3.63, 3.8) is 0 Å². The van der Waals surface area contributed by atoms with Gasteiger partial charge in [-0.1, -0.05) is 38.1 Å². The predicted octanol–water partition coefficient (Wildman–Crippen LogP) is 3.85. The van der Waals surface area contributed by atoms with Crippen LogP contribution >= 0.6 is 0 Å². The number of benzene rings is 2. The van der Waals surface area contributed by atoms with Crippen molar-refractivity contribution in [1.29, 1.82) is 0 Å². The van der Waals surface area contributed by atoms with Gasteiger partial charge in [0.15, 0.2) is 23.0 Å². The summed E-state index contributed by atoms with van der Waals surface area (Å²) in [5.74, 6) is 2.81. The van der Waals surface area contributed by atoms with Crippen LogP contribution in [0.25, 0.3) is 0 Å². The van der Waals surface area contributed by atoms with E-state index in [2.05, 4.69) is 13.8 Å². The highest BCUT2D eigenvalue weighted by Crippen LogP contribution is 2.53. The minimum atomic E-state index is -0.361. The molecule has 3 aliphatic rings. The summed E-state index contributed by atoms with van der Waals surface area (Å²) in [6.07, 6.45) is 0.814. The summed E-state index contributed by atoms with van der Waals surface area (Å²) in [7, 11) is 3.29. The zero-order chi connectivity index (χ0) is 20.3. The number of ether oxygens (including phenoxy) is 4. The van der Waals surface area contributed by atoms with Crippen LogP contribution in [-0.2, 0) is 17.6 Å². The van der Waals surface area contributed by atoms with Crippen LogP contribution in [0.3, 0.4) is 0 Å². The van der Waals surface area contributed by atoms with Gasteiger partial charge >= 0.3 is 0 Å². The lowest BCUT2D eigenvalue weighted by molar-refractivity contribution is -0.162. The van der Waals surface area contributed by atoms with Gasteiger partial charge in [0.1, 0.15) is 18.0 Å². The van der Waals surface area contributed by atoms with Crippen LogP contribution < -0.4 is 18.9 Å². The molecule has 0 aromatic heterocycles. The lowest BCUT2D eigenvalue weighted by Crippen LogP contribution is -2.64. The van der Waals surface area contributed by atoms with E-state index in [0.717, 1.165) is 22.6 Å². The number of ketones is 1. The quantitative estimate of drug-likeness (QED) is 0.774. The third-order valence-corrected chi connectivity index (χ3v) is 6.86. The fraction of sp³-hybridized carbons (Fsp3) is 0.458. The first-order valence-electron chi connectivity index (χ1n) is 10.1. The number of Topliss-reactive ketones (excluding diaryl/α,β-unsaturated/α-hetero) is 1. The van der Waals surface area contributed by atoms with E-state index < -0.39 is 0 Å². The fourth-order valence-electron chi connectivity index (χ4n) is 5.42. The maximum Gasteiger partial charge on any atom is 0.164 e. The average Bonchev–Trinajstić information content (AvgIpc) is 2.74. The van der Waals surface area contributed by atoms with E-state index in [9.17, 15) is 4.79 Å². The smallest absolute Gasteiger partial charge is 0.164 e. The molecule has 2 aromatic rings. The van der Waals surface area contributed by atoms with Gasteiger partial charge in [-0.05, 0) is 36.1 Å². The second-order valence-electron chi connectivity index (χ2n) is 8.82. The Bertz CT molecular complexity index is 904. The topological polar surface area (TPSA) is 54.0 Å². The van der Waals surface area contributed by atoms with Crippen LogP contribution in [0.15, 0.2) is 36.4 Å². The lowest BCUT2D eigenvalue weighted by Gasteiger charge is -2.54. The number of carbonyl (C=O) groups is 1. The van der Waals surface area contributed by atoms with E-state index in [1.165, 1.54) is 0 Å². The lowest BCUT2D eigenvalue weighted by atomic mass is 9.59. The average molecular weight is 394 g/mol. The molecule has 0 radical (unpaired) electrons. The number of fused-ring (bicyclic) bond motifs is 4. The van der Waals surface area contributed by atoms with Gasteiger partial charge in [-0.2, -0.15) is 0 Å². The van der Waals surface area contributed by atoms with Gasteiger partial charge in [0, 0.05) is 5.41 Å². The van der Waals surface area contributed by atoms with Gasteiger partial charge in [-0.25, -0.2) is 0 Å². The zero-order valence-electron chi connectivity index (χ0n) is 17.2. The Morgan fingerprint density at radius 3 is 1.69 bits per heavy atom. The summed E-state index contributed by atoms with van der Waals surface area (Å²) in [5, 5.41) is 0. The minimum Gasteiger partial charge on any atom is -0.493 e. The van der Waals surface area contributed by atoms with Crippen LogP contribution in [0.2, 0.25) is 0 Å². The molecule has 0 bridgehead atoms. The molecule has 5 nitrogen and oxygen atoms in total. The Balaban J connectivity index is 1.57. The van der Waals surface area contributed by atoms with Gasteiger partial charge in [0.25, 0.3) is 0 Å². The van der Waals surface area contributed by atoms with Crippen LogP contribution in [0, 0.1) is 17.3 Å². The Labute approximate surface area is 170 Å². The Morgan fingerprint density at radius 1 is 0.828 bits per heavy atom. The fourth-order valence-corrected chi connectivity index (χ4v) is 5.42. The molecule has 0 spiro atoms. The zero-order valence-corrected chi connectivity index (χ0v) is 17.2. The molecule has 5 rings (SSSR count). The number of carbonyl (C=O) groups excluding carboxylic acids is 1. The monoisotopic (exact) mass is 394 g/mol. The Morgan fingerprint density at radius 2 is 1.28 bits per heavy atom. The number of hydrogen-bond donors (Lipinski definition) is 0. The van der Waals surface area contributed by atoms with Crippen molar-refractivity contribution in [3.8, 4) is 23.0 Å². The van der Waals surface area contributed by atoms with Crippen molar-refractivity contribution < 1.29 is 23.7 Å². The first-order chi connectivity index (χ1) is 14.0. The van der Waals surface area contributed by atoms with Crippen LogP contribution in [-0.4, -0.2) is 32.2 Å². The van der Waals surface area contributed by atoms with Crippen molar-refractivity contribution in [2.45, 2.75) is 38.9 Å². The van der Waals surface area contributed by atoms with Crippen molar-refractivity contribution >= 4 is 5.78 Å². The van der Waals surface area contributed by atoms with Gasteiger partial charge in [0.05, 0.1) is 26.1 Å². The third kappa shape index (κ3) is 2.56. The SMILES string of the molecule is COc1cccc2c1O[C@@H]1[C@@H](C2)C(=O)[C@@H]2Cc3cccc(OC)c3O[C@H]2C1(C)C. The summed E-state index contributed by atoms with van der Waals surface area (Å²) in [6, 6.07) is 11.8. The maximum atomic E-state index is 13.6. The third-order valence-electron chi connectivity index (χ3n) is 6.86. The first kappa shape index (κ1) is 18.3. The predicted molar refractivity (Wildman–Crippen MR) is 108 cm³/mol. The molecule has 5 heteroatoms. The van der Waals surface area contributed by atoms with Crippen molar-refractivity contribution in [3.05, 3.63) is 47.5 Å². The van der Waals surface area contributed by atoms with Crippen molar-refractivity contribution in [2.75, 3.05) is 14.2 Å². The molecule has 29 heavy (non-hydrogen) atoms. The molecule has 0 saturated heterocycles. The summed E-state index contributed by atoms with van der Waals surface area (Å²) in [6.45, 7) is 4.30. The highest BCUT2D eigenvalue weighted by atomic mass is 16.5. The second kappa shape index (κ2) is 6.41. The minimum absolute atomic E-state index is 0.179. The standard InChI is InChI=1S/C24H26O5/c1-24(2)22-15(11-13-7-5-9-17(26-3)20(13)28-22)19(25)16-12-14-8-6-10-18(27-4)21(14)29-23(16)24/h5-10,15-16,22-23H,11-12H2,1-4H3/t15-,16-,22+,23+/m0/s1. The highest BCUT2D eigenvalue weighted by molar-refractivity contribution is 5.87. The van der Waals surface area contributed by atoms with E-state index >= 15 is 0 Å². The van der Waals surface area contributed by atoms with Crippen molar-refractivity contribution in [1.82, 2.24) is 0 Å². The largest absolute Gasteiger partial charge is 0.493 e. The van der Waals surface area contributed by atoms with Crippen LogP contribution in [0.4, 0.5) is 0 Å². The van der Waals surface area contributed by atoms with Gasteiger partial charge in [-0.3, -0.25) is 4.79 Å². The Kier molecular flexibility index (Phi) is 4.05. The summed E-state index contributed by atoms with van der Waals surface area (Å²) >= 11 is 0. The maximum absolute atomic E-state index is 13.6. The van der Waals surface area contributed by atoms with Crippen molar-refractivity contribution in [2.24, 2.45) is 17.3 Å². The second-order valence-corrected chi connectivity index (χ2v) is 8.82. The van der Waals surface area contributed by atoms with E-state index in [4.69, 9.17) is 18.9 Å². The van der Waals surface area contributed by atoms with E-state index in [1.807, 2.05) is 36.4 Å². The molecule has 0 amide bonds. The van der Waals surface area contributed by atoms with Crippen LogP contribution in [0.1, 0.15) is 25.0 Å². The molecule has 1 fully saturated rings. The molecule has 4 atom stereocenters. The van der Waals surface area contributed by atoms with E-state index in [1.54, 1.807) is 14.2 Å². The normalized spacial score (nSPS) is 28.6. The molecule has 2 aromatic carbocycles. The number of para-hydroxylation sites is 2. The van der Waals surface area contributed by atoms with E-state index in [0.29, 0.717) is 24.3 Å². The molecule has 0 N–H and O–H groups in total. The summed E-state index contributed by atoms with van der Waals surface area (Å²) < 4.78 is 24.0. The van der Waals surface area contributed by atoms with Crippen LogP contribution in [0.5, 0.6) is 23.0 Å².